The van der Waals surface area contributed by atoms with Crippen LogP contribution in [0.3, 0.4) is 0 Å². The highest BCUT2D eigenvalue weighted by Crippen LogP contribution is 2.24. The first-order valence-corrected chi connectivity index (χ1v) is 7.18. The lowest BCUT2D eigenvalue weighted by molar-refractivity contribution is 0.101. The molecule has 0 fully saturated rings. The van der Waals surface area contributed by atoms with Crippen LogP contribution in [0.25, 0.3) is 11.1 Å². The van der Waals surface area contributed by atoms with Crippen molar-refractivity contribution in [1.29, 1.82) is 0 Å². The second-order valence-electron chi connectivity index (χ2n) is 4.69. The van der Waals surface area contributed by atoms with Gasteiger partial charge in [0.2, 0.25) is 0 Å². The molecule has 0 aliphatic heterocycles. The van der Waals surface area contributed by atoms with Crippen LogP contribution in [-0.4, -0.2) is 16.0 Å². The second kappa shape index (κ2) is 6.02. The highest BCUT2D eigenvalue weighted by atomic mass is 32.2. The van der Waals surface area contributed by atoms with E-state index < -0.39 is 0 Å². The summed E-state index contributed by atoms with van der Waals surface area (Å²) in [5, 5.41) is 1.58. The molecule has 0 saturated heterocycles. The van der Waals surface area contributed by atoms with Gasteiger partial charge < -0.3 is 0 Å². The summed E-state index contributed by atoms with van der Waals surface area (Å²) in [6.07, 6.45) is 1.88. The molecule has 0 amide bonds. The predicted molar refractivity (Wildman–Crippen MR) is 80.7 cm³/mol. The van der Waals surface area contributed by atoms with E-state index >= 15 is 0 Å². The summed E-state index contributed by atoms with van der Waals surface area (Å²) in [5.41, 5.74) is 2.89. The van der Waals surface area contributed by atoms with E-state index in [4.69, 9.17) is 0 Å². The fourth-order valence-corrected chi connectivity index (χ4v) is 2.50. The monoisotopic (exact) mass is 271 g/mol. The number of carbonyl (C=O) groups is 1. The number of nitrogens with zero attached hydrogens (tertiary/aromatic N) is 1. The molecule has 2 nitrogen and oxygen atoms in total. The Hall–Kier alpha value is -1.61. The van der Waals surface area contributed by atoms with E-state index in [-0.39, 0.29) is 5.78 Å². The highest BCUT2D eigenvalue weighted by molar-refractivity contribution is 7.99. The zero-order valence-corrected chi connectivity index (χ0v) is 12.2. The zero-order valence-electron chi connectivity index (χ0n) is 11.4. The Morgan fingerprint density at radius 1 is 1.05 bits per heavy atom. The molecule has 1 aromatic carbocycles. The molecule has 2 rings (SSSR count). The standard InChI is InChI=1S/C16H17NOS/c1-11(2)19-16-9-8-15(10-17-16)14-6-4-13(5-7-14)12(3)18/h4-11H,1-3H3. The number of thioether (sulfide) groups is 1. The van der Waals surface area contributed by atoms with E-state index in [0.29, 0.717) is 5.25 Å². The Bertz CT molecular complexity index is 558. The molecular formula is C16H17NOS. The van der Waals surface area contributed by atoms with Gasteiger partial charge >= 0.3 is 0 Å². The molecule has 0 bridgehead atoms. The van der Waals surface area contributed by atoms with Crippen molar-refractivity contribution in [2.45, 2.75) is 31.0 Å². The van der Waals surface area contributed by atoms with Crippen LogP contribution >= 0.6 is 11.8 Å². The Labute approximate surface area is 118 Å². The molecular weight excluding hydrogens is 254 g/mol. The van der Waals surface area contributed by atoms with Gasteiger partial charge in [-0.25, -0.2) is 4.98 Å². The van der Waals surface area contributed by atoms with Crippen molar-refractivity contribution in [3.05, 3.63) is 48.2 Å². The number of aromatic nitrogens is 1. The molecule has 19 heavy (non-hydrogen) atoms. The highest BCUT2D eigenvalue weighted by Gasteiger charge is 2.03. The molecule has 0 spiro atoms. The van der Waals surface area contributed by atoms with Crippen molar-refractivity contribution in [2.75, 3.05) is 0 Å². The maximum atomic E-state index is 11.2. The van der Waals surface area contributed by atoms with E-state index in [1.807, 2.05) is 36.5 Å². The summed E-state index contributed by atoms with van der Waals surface area (Å²) in [6.45, 7) is 5.88. The fourth-order valence-electron chi connectivity index (χ4n) is 1.76. The lowest BCUT2D eigenvalue weighted by Gasteiger charge is -2.06. The third-order valence-electron chi connectivity index (χ3n) is 2.72. The zero-order chi connectivity index (χ0) is 13.8. The van der Waals surface area contributed by atoms with Crippen LogP contribution in [0.5, 0.6) is 0 Å². The maximum Gasteiger partial charge on any atom is 0.159 e. The summed E-state index contributed by atoms with van der Waals surface area (Å²) in [5.74, 6) is 0.0911. The van der Waals surface area contributed by atoms with Crippen molar-refractivity contribution in [3.8, 4) is 11.1 Å². The SMILES string of the molecule is CC(=O)c1ccc(-c2ccc(SC(C)C)nc2)cc1. The minimum absolute atomic E-state index is 0.0911. The van der Waals surface area contributed by atoms with Crippen LogP contribution in [0.2, 0.25) is 0 Å². The van der Waals surface area contributed by atoms with Gasteiger partial charge in [0.05, 0.1) is 5.03 Å². The predicted octanol–water partition coefficient (Wildman–Crippen LogP) is 4.45. The van der Waals surface area contributed by atoms with Crippen LogP contribution in [0.15, 0.2) is 47.6 Å². The molecule has 0 saturated carbocycles. The lowest BCUT2D eigenvalue weighted by Crippen LogP contribution is -1.91. The molecule has 0 N–H and O–H groups in total. The molecule has 3 heteroatoms. The molecule has 0 atom stereocenters. The Balaban J connectivity index is 2.19. The number of rotatable bonds is 4. The van der Waals surface area contributed by atoms with Crippen molar-refractivity contribution in [2.24, 2.45) is 0 Å². The summed E-state index contributed by atoms with van der Waals surface area (Å²) in [6, 6.07) is 11.7. The van der Waals surface area contributed by atoms with Gasteiger partial charge in [0.15, 0.2) is 5.78 Å². The van der Waals surface area contributed by atoms with E-state index in [2.05, 4.69) is 24.9 Å². The van der Waals surface area contributed by atoms with Gasteiger partial charge in [0.1, 0.15) is 0 Å². The normalized spacial score (nSPS) is 10.7. The van der Waals surface area contributed by atoms with Crippen molar-refractivity contribution < 1.29 is 4.79 Å². The van der Waals surface area contributed by atoms with Gasteiger partial charge in [0, 0.05) is 22.6 Å². The number of benzene rings is 1. The summed E-state index contributed by atoms with van der Waals surface area (Å²) >= 11 is 1.75. The molecule has 0 radical (unpaired) electrons. The van der Waals surface area contributed by atoms with Crippen molar-refractivity contribution >= 4 is 17.5 Å². The third kappa shape index (κ3) is 3.67. The topological polar surface area (TPSA) is 30.0 Å². The van der Waals surface area contributed by atoms with Crippen LogP contribution in [0.4, 0.5) is 0 Å². The third-order valence-corrected chi connectivity index (χ3v) is 3.67. The van der Waals surface area contributed by atoms with E-state index in [1.165, 1.54) is 0 Å². The number of pyridine rings is 1. The summed E-state index contributed by atoms with van der Waals surface area (Å²) in [4.78, 5) is 15.7. The molecule has 0 aliphatic carbocycles. The Morgan fingerprint density at radius 3 is 2.16 bits per heavy atom. The van der Waals surface area contributed by atoms with Gasteiger partial charge in [-0.05, 0) is 18.6 Å². The quantitative estimate of drug-likeness (QED) is 0.608. The first-order chi connectivity index (χ1) is 9.06. The average molecular weight is 271 g/mol. The molecule has 98 valence electrons. The number of ketones is 1. The summed E-state index contributed by atoms with van der Waals surface area (Å²) in [7, 11) is 0. The van der Waals surface area contributed by atoms with Gasteiger partial charge in [-0.3, -0.25) is 4.79 Å². The molecule has 1 heterocycles. The van der Waals surface area contributed by atoms with Gasteiger partial charge in [-0.2, -0.15) is 0 Å². The maximum absolute atomic E-state index is 11.2. The Kier molecular flexibility index (Phi) is 4.38. The molecule has 2 aromatic rings. The molecule has 0 aliphatic rings. The second-order valence-corrected chi connectivity index (χ2v) is 6.28. The molecule has 1 aromatic heterocycles. The number of Topliss-reactive ketones (excluding diaryl/α,β-unsaturated/α-hetero) is 1. The Morgan fingerprint density at radius 2 is 1.68 bits per heavy atom. The minimum atomic E-state index is 0.0911. The smallest absolute Gasteiger partial charge is 0.159 e. The van der Waals surface area contributed by atoms with Crippen molar-refractivity contribution in [1.82, 2.24) is 4.98 Å². The minimum Gasteiger partial charge on any atom is -0.295 e. The molecule has 0 unspecified atom stereocenters. The van der Waals surface area contributed by atoms with E-state index in [0.717, 1.165) is 21.7 Å². The van der Waals surface area contributed by atoms with Gasteiger partial charge in [0.25, 0.3) is 0 Å². The van der Waals surface area contributed by atoms with E-state index in [9.17, 15) is 4.79 Å². The van der Waals surface area contributed by atoms with Gasteiger partial charge in [-0.1, -0.05) is 44.2 Å². The fraction of sp³-hybridized carbons (Fsp3) is 0.250. The van der Waals surface area contributed by atoms with Crippen molar-refractivity contribution in [3.63, 3.8) is 0 Å². The van der Waals surface area contributed by atoms with E-state index in [1.54, 1.807) is 18.7 Å². The number of hydrogen-bond acceptors (Lipinski definition) is 3. The lowest BCUT2D eigenvalue weighted by atomic mass is 10.0. The average Bonchev–Trinajstić information content (AvgIpc) is 2.39. The van der Waals surface area contributed by atoms with Crippen LogP contribution in [0, 0.1) is 0 Å². The first kappa shape index (κ1) is 13.8. The summed E-state index contributed by atoms with van der Waals surface area (Å²) < 4.78 is 0. The van der Waals surface area contributed by atoms with Crippen LogP contribution in [0.1, 0.15) is 31.1 Å². The van der Waals surface area contributed by atoms with Crippen LogP contribution in [-0.2, 0) is 0 Å². The largest absolute Gasteiger partial charge is 0.295 e. The number of carbonyl (C=O) groups excluding carboxylic acids is 1. The number of hydrogen-bond donors (Lipinski definition) is 0. The van der Waals surface area contributed by atoms with Gasteiger partial charge in [-0.15, -0.1) is 11.8 Å². The first-order valence-electron chi connectivity index (χ1n) is 6.30. The van der Waals surface area contributed by atoms with Crippen LogP contribution < -0.4 is 0 Å².